The summed E-state index contributed by atoms with van der Waals surface area (Å²) in [4.78, 5) is 3.89. The van der Waals surface area contributed by atoms with E-state index < -0.39 is 20.0 Å². The Morgan fingerprint density at radius 3 is 2.46 bits per heavy atom. The largest absolute Gasteiger partial charge is 0.379 e. The number of benzene rings is 1. The lowest BCUT2D eigenvalue weighted by molar-refractivity contribution is 0.0730. The molecule has 0 spiro atoms. The number of anilines is 1. The second-order valence-electron chi connectivity index (χ2n) is 5.98. The Bertz CT molecular complexity index is 1010. The van der Waals surface area contributed by atoms with E-state index in [1.807, 2.05) is 0 Å². The molecule has 11 heteroatoms. The summed E-state index contributed by atoms with van der Waals surface area (Å²) in [6.45, 7) is 2.89. The van der Waals surface area contributed by atoms with Gasteiger partial charge in [0.1, 0.15) is 0 Å². The van der Waals surface area contributed by atoms with E-state index in [4.69, 9.17) is 4.74 Å². The Labute approximate surface area is 152 Å². The molecule has 0 atom stereocenters. The molecule has 0 radical (unpaired) electrons. The molecule has 1 aliphatic heterocycles. The molecule has 1 saturated heterocycles. The maximum Gasteiger partial charge on any atom is 0.280 e. The third-order valence-electron chi connectivity index (χ3n) is 3.98. The number of nitrogens with one attached hydrogen (secondary N) is 1. The zero-order valence-corrected chi connectivity index (χ0v) is 16.0. The first-order valence-electron chi connectivity index (χ1n) is 7.89. The quantitative estimate of drug-likeness (QED) is 0.785. The number of hydrogen-bond donors (Lipinski definition) is 1. The van der Waals surface area contributed by atoms with Crippen molar-refractivity contribution in [2.75, 3.05) is 31.0 Å². The van der Waals surface area contributed by atoms with Crippen molar-refractivity contribution in [3.05, 3.63) is 36.3 Å². The van der Waals surface area contributed by atoms with E-state index in [2.05, 4.69) is 9.71 Å². The standard InChI is InChI=1S/C15H20N4O5S2/c1-12-3-4-13(17-25(20,21)15-10-18(2)11-16-15)9-14(12)26(22,23)19-5-7-24-8-6-19/h3-4,9-11,17H,5-8H2,1-2H3. The van der Waals surface area contributed by atoms with E-state index in [1.165, 1.54) is 33.5 Å². The van der Waals surface area contributed by atoms with Crippen LogP contribution in [0.4, 0.5) is 5.69 Å². The number of morpholine rings is 1. The van der Waals surface area contributed by atoms with Crippen LogP contribution in [0.2, 0.25) is 0 Å². The summed E-state index contributed by atoms with van der Waals surface area (Å²) in [5.74, 6) is 0. The van der Waals surface area contributed by atoms with Gasteiger partial charge in [-0.3, -0.25) is 4.72 Å². The van der Waals surface area contributed by atoms with E-state index in [0.717, 1.165) is 0 Å². The van der Waals surface area contributed by atoms with Gasteiger partial charge < -0.3 is 9.30 Å². The molecule has 1 aromatic carbocycles. The molecule has 1 aromatic heterocycles. The fraction of sp³-hybridized carbons (Fsp3) is 0.400. The van der Waals surface area contributed by atoms with Crippen LogP contribution in [-0.2, 0) is 31.8 Å². The highest BCUT2D eigenvalue weighted by atomic mass is 32.2. The molecule has 0 unspecified atom stereocenters. The summed E-state index contributed by atoms with van der Waals surface area (Å²) in [5.41, 5.74) is 0.699. The number of rotatable bonds is 5. The minimum Gasteiger partial charge on any atom is -0.379 e. The Balaban J connectivity index is 1.93. The minimum absolute atomic E-state index is 0.0700. The molecule has 0 amide bonds. The number of sulfonamides is 2. The summed E-state index contributed by atoms with van der Waals surface area (Å²) in [7, 11) is -5.98. The van der Waals surface area contributed by atoms with Gasteiger partial charge in [0.2, 0.25) is 10.0 Å². The molecule has 9 nitrogen and oxygen atoms in total. The molecule has 0 saturated carbocycles. The van der Waals surface area contributed by atoms with Gasteiger partial charge in [0.25, 0.3) is 10.0 Å². The number of hydrogen-bond acceptors (Lipinski definition) is 6. The van der Waals surface area contributed by atoms with E-state index in [9.17, 15) is 16.8 Å². The number of ether oxygens (including phenoxy) is 1. The molecule has 1 aliphatic rings. The third-order valence-corrected chi connectivity index (χ3v) is 7.29. The van der Waals surface area contributed by atoms with Gasteiger partial charge in [-0.05, 0) is 24.6 Å². The van der Waals surface area contributed by atoms with E-state index >= 15 is 0 Å². The van der Waals surface area contributed by atoms with Crippen LogP contribution in [0, 0.1) is 6.92 Å². The average molecular weight is 400 g/mol. The van der Waals surface area contributed by atoms with Gasteiger partial charge in [0.15, 0.2) is 5.03 Å². The van der Waals surface area contributed by atoms with Crippen molar-refractivity contribution in [3.8, 4) is 0 Å². The van der Waals surface area contributed by atoms with Gasteiger partial charge in [-0.25, -0.2) is 13.4 Å². The molecular formula is C15H20N4O5S2. The molecule has 0 bridgehead atoms. The molecule has 142 valence electrons. The molecular weight excluding hydrogens is 380 g/mol. The number of nitrogens with zero attached hydrogens (tertiary/aromatic N) is 3. The number of imidazole rings is 1. The Morgan fingerprint density at radius 1 is 1.15 bits per heavy atom. The van der Waals surface area contributed by atoms with Gasteiger partial charge in [0.05, 0.1) is 30.1 Å². The van der Waals surface area contributed by atoms with Crippen molar-refractivity contribution in [2.24, 2.45) is 7.05 Å². The van der Waals surface area contributed by atoms with Gasteiger partial charge in [-0.2, -0.15) is 12.7 Å². The van der Waals surface area contributed by atoms with Crippen molar-refractivity contribution < 1.29 is 21.6 Å². The first-order valence-corrected chi connectivity index (χ1v) is 10.8. The van der Waals surface area contributed by atoms with Gasteiger partial charge in [-0.1, -0.05) is 6.07 Å². The van der Waals surface area contributed by atoms with Crippen molar-refractivity contribution in [1.29, 1.82) is 0 Å². The molecule has 1 N–H and O–H groups in total. The summed E-state index contributed by atoms with van der Waals surface area (Å²) < 4.78 is 61.0. The summed E-state index contributed by atoms with van der Waals surface area (Å²) >= 11 is 0. The Hall–Kier alpha value is -1.95. The molecule has 26 heavy (non-hydrogen) atoms. The van der Waals surface area contributed by atoms with Crippen LogP contribution in [0.1, 0.15) is 5.56 Å². The van der Waals surface area contributed by atoms with Crippen LogP contribution in [-0.4, -0.2) is 57.0 Å². The van der Waals surface area contributed by atoms with Gasteiger partial charge >= 0.3 is 0 Å². The maximum atomic E-state index is 12.9. The topological polar surface area (TPSA) is 111 Å². The fourth-order valence-electron chi connectivity index (χ4n) is 2.60. The highest BCUT2D eigenvalue weighted by molar-refractivity contribution is 7.92. The smallest absolute Gasteiger partial charge is 0.280 e. The van der Waals surface area contributed by atoms with Crippen LogP contribution in [0.15, 0.2) is 40.6 Å². The molecule has 3 rings (SSSR count). The third kappa shape index (κ3) is 3.75. The monoisotopic (exact) mass is 400 g/mol. The van der Waals surface area contributed by atoms with E-state index in [1.54, 1.807) is 20.0 Å². The molecule has 1 fully saturated rings. The van der Waals surface area contributed by atoms with Crippen molar-refractivity contribution in [2.45, 2.75) is 16.8 Å². The van der Waals surface area contributed by atoms with Gasteiger partial charge in [0, 0.05) is 26.3 Å². The zero-order chi connectivity index (χ0) is 18.9. The first-order chi connectivity index (χ1) is 12.2. The minimum atomic E-state index is -3.90. The molecule has 0 aliphatic carbocycles. The lowest BCUT2D eigenvalue weighted by Crippen LogP contribution is -2.40. The summed E-state index contributed by atoms with van der Waals surface area (Å²) in [6.07, 6.45) is 2.74. The van der Waals surface area contributed by atoms with Crippen LogP contribution >= 0.6 is 0 Å². The van der Waals surface area contributed by atoms with Crippen LogP contribution in [0.25, 0.3) is 0 Å². The van der Waals surface area contributed by atoms with Gasteiger partial charge in [-0.15, -0.1) is 0 Å². The van der Waals surface area contributed by atoms with Crippen LogP contribution in [0.5, 0.6) is 0 Å². The van der Waals surface area contributed by atoms with Crippen molar-refractivity contribution in [3.63, 3.8) is 0 Å². The summed E-state index contributed by atoms with van der Waals surface area (Å²) in [5, 5.41) is -0.141. The lowest BCUT2D eigenvalue weighted by Gasteiger charge is -2.26. The van der Waals surface area contributed by atoms with E-state index in [0.29, 0.717) is 18.8 Å². The zero-order valence-electron chi connectivity index (χ0n) is 14.4. The predicted octanol–water partition coefficient (Wildman–Crippen LogP) is 0.550. The Morgan fingerprint density at radius 2 is 1.85 bits per heavy atom. The van der Waals surface area contributed by atoms with Crippen molar-refractivity contribution >= 4 is 25.7 Å². The first kappa shape index (κ1) is 18.8. The second kappa shape index (κ2) is 6.99. The normalized spacial score (nSPS) is 16.5. The predicted molar refractivity (Wildman–Crippen MR) is 94.8 cm³/mol. The number of aryl methyl sites for hydroxylation is 2. The van der Waals surface area contributed by atoms with Crippen molar-refractivity contribution in [1.82, 2.24) is 13.9 Å². The fourth-order valence-corrected chi connectivity index (χ4v) is 5.29. The van der Waals surface area contributed by atoms with Crippen LogP contribution in [0.3, 0.4) is 0 Å². The maximum absolute atomic E-state index is 12.9. The Kier molecular flexibility index (Phi) is 5.06. The highest BCUT2D eigenvalue weighted by Crippen LogP contribution is 2.25. The second-order valence-corrected chi connectivity index (χ2v) is 9.52. The van der Waals surface area contributed by atoms with E-state index in [-0.39, 0.29) is 28.7 Å². The average Bonchev–Trinajstić information content (AvgIpc) is 3.04. The number of aromatic nitrogens is 2. The lowest BCUT2D eigenvalue weighted by atomic mass is 10.2. The molecule has 2 heterocycles. The molecule has 2 aromatic rings. The SMILES string of the molecule is Cc1ccc(NS(=O)(=O)c2cn(C)cn2)cc1S(=O)(=O)N1CCOCC1. The summed E-state index contributed by atoms with van der Waals surface area (Å²) in [6, 6.07) is 4.43. The highest BCUT2D eigenvalue weighted by Gasteiger charge is 2.28. The van der Waals surface area contributed by atoms with Crippen LogP contribution < -0.4 is 4.72 Å².